The number of allylic oxidation sites excluding steroid dienone is 4. The van der Waals surface area contributed by atoms with Gasteiger partial charge < -0.3 is 14.9 Å². The highest BCUT2D eigenvalue weighted by Gasteiger charge is 2.78. The Morgan fingerprint density at radius 1 is 1.09 bits per heavy atom. The molecule has 4 aliphatic carbocycles. The summed E-state index contributed by atoms with van der Waals surface area (Å²) >= 11 is 0. The van der Waals surface area contributed by atoms with Crippen LogP contribution in [0.15, 0.2) is 36.5 Å². The molecule has 3 heteroatoms. The van der Waals surface area contributed by atoms with Crippen molar-refractivity contribution >= 4 is 0 Å². The number of aliphatic hydroxyl groups is 2. The van der Waals surface area contributed by atoms with E-state index in [2.05, 4.69) is 72.4 Å². The van der Waals surface area contributed by atoms with Gasteiger partial charge in [0.15, 0.2) is 6.29 Å². The minimum absolute atomic E-state index is 0.153. The third-order valence-electron chi connectivity index (χ3n) is 12.1. The monoisotopic (exact) mass is 454 g/mol. The lowest BCUT2D eigenvalue weighted by molar-refractivity contribution is -0.213. The molecule has 1 spiro atoms. The Morgan fingerprint density at radius 3 is 2.52 bits per heavy atom. The number of fused-ring (bicyclic) bond motifs is 2. The number of hydrogen-bond donors (Lipinski definition) is 2. The molecule has 1 heterocycles. The lowest BCUT2D eigenvalue weighted by Crippen LogP contribution is -2.65. The van der Waals surface area contributed by atoms with Crippen LogP contribution in [0.25, 0.3) is 0 Å². The number of rotatable bonds is 4. The van der Waals surface area contributed by atoms with Crippen molar-refractivity contribution in [3.05, 3.63) is 36.5 Å². The van der Waals surface area contributed by atoms with Crippen molar-refractivity contribution in [1.29, 1.82) is 0 Å². The maximum atomic E-state index is 11.6. The highest BCUT2D eigenvalue weighted by molar-refractivity contribution is 5.34. The molecule has 0 aromatic heterocycles. The van der Waals surface area contributed by atoms with Crippen molar-refractivity contribution in [2.75, 3.05) is 0 Å². The van der Waals surface area contributed by atoms with Crippen molar-refractivity contribution in [2.24, 2.45) is 45.3 Å². The minimum Gasteiger partial charge on any atom is -0.392 e. The fraction of sp³-hybridized carbons (Fsp3) is 0.800. The average molecular weight is 455 g/mol. The summed E-state index contributed by atoms with van der Waals surface area (Å²) in [5, 5.41) is 22.5. The van der Waals surface area contributed by atoms with Gasteiger partial charge >= 0.3 is 0 Å². The van der Waals surface area contributed by atoms with E-state index in [0.717, 1.165) is 37.7 Å². The van der Waals surface area contributed by atoms with Crippen LogP contribution in [0.3, 0.4) is 0 Å². The SMILES string of the molecule is C=C(C)/C=C\C[C@@H](C)[C@H]1CC[C@@]2(C)[C@@H]3C=C[C@@]45O[C@@H](O)[C@]3(CC[C@]12C)[C@@H]4CC[C@H](O)C5(C)C. The predicted octanol–water partition coefficient (Wildman–Crippen LogP) is 6.42. The molecule has 2 N–H and O–H groups in total. The highest BCUT2D eigenvalue weighted by Crippen LogP contribution is 2.78. The molecule has 1 saturated heterocycles. The Morgan fingerprint density at radius 2 is 1.82 bits per heavy atom. The Hall–Kier alpha value is -0.900. The standard InChI is InChI=1S/C30H46O3/c1-19(2)9-8-10-20(3)21-13-15-28(7)22-14-16-30-23(11-12-24(31)26(30,4)5)29(22,25(32)33-30)18-17-27(21,28)6/h8-9,14,16,20-25,31-32H,1,10-13,15,17-18H2,2-7H3/b9-8-/t20-,21-,22+,23+,24+,25-,27-,28+,29+,30-/m1/s1. The molecule has 3 nitrogen and oxygen atoms in total. The largest absolute Gasteiger partial charge is 0.392 e. The van der Waals surface area contributed by atoms with Crippen LogP contribution in [0.1, 0.15) is 86.5 Å². The van der Waals surface area contributed by atoms with Crippen LogP contribution in [0, 0.1) is 45.3 Å². The highest BCUT2D eigenvalue weighted by atomic mass is 16.6. The first kappa shape index (κ1) is 23.8. The van der Waals surface area contributed by atoms with E-state index in [-0.39, 0.29) is 22.2 Å². The number of hydrogen-bond acceptors (Lipinski definition) is 3. The molecule has 0 aromatic carbocycles. The normalized spacial score (nSPS) is 52.9. The second kappa shape index (κ2) is 7.31. The average Bonchev–Trinajstić information content (AvgIpc) is 3.09. The van der Waals surface area contributed by atoms with Crippen LogP contribution >= 0.6 is 0 Å². The van der Waals surface area contributed by atoms with E-state index in [1.807, 2.05) is 0 Å². The zero-order chi connectivity index (χ0) is 24.0. The van der Waals surface area contributed by atoms with Gasteiger partial charge in [-0.25, -0.2) is 0 Å². The van der Waals surface area contributed by atoms with Crippen molar-refractivity contribution in [1.82, 2.24) is 0 Å². The smallest absolute Gasteiger partial charge is 0.162 e. The Bertz CT molecular complexity index is 887. The summed E-state index contributed by atoms with van der Waals surface area (Å²) in [7, 11) is 0. The van der Waals surface area contributed by atoms with Crippen LogP contribution in [-0.2, 0) is 4.74 Å². The van der Waals surface area contributed by atoms with Crippen LogP contribution in [-0.4, -0.2) is 28.2 Å². The molecule has 0 amide bonds. The van der Waals surface area contributed by atoms with Crippen LogP contribution in [0.5, 0.6) is 0 Å². The van der Waals surface area contributed by atoms with Crippen molar-refractivity contribution in [2.45, 2.75) is 104 Å². The molecule has 3 saturated carbocycles. The van der Waals surface area contributed by atoms with Gasteiger partial charge in [-0.05, 0) is 80.5 Å². The molecule has 1 aliphatic heterocycles. The Kier molecular flexibility index (Phi) is 5.27. The Labute approximate surface area is 201 Å². The van der Waals surface area contributed by atoms with Gasteiger partial charge in [-0.15, -0.1) is 0 Å². The van der Waals surface area contributed by atoms with Gasteiger partial charge in [-0.2, -0.15) is 0 Å². The van der Waals surface area contributed by atoms with E-state index < -0.39 is 23.4 Å². The summed E-state index contributed by atoms with van der Waals surface area (Å²) in [6.07, 6.45) is 15.6. The summed E-state index contributed by atoms with van der Waals surface area (Å²) in [5.74, 6) is 1.94. The summed E-state index contributed by atoms with van der Waals surface area (Å²) in [5.41, 5.74) is 0.360. The van der Waals surface area contributed by atoms with E-state index in [9.17, 15) is 10.2 Å². The molecule has 0 unspecified atom stereocenters. The first-order valence-corrected chi connectivity index (χ1v) is 13.4. The van der Waals surface area contributed by atoms with Gasteiger partial charge in [0.1, 0.15) is 5.60 Å². The lowest BCUT2D eigenvalue weighted by Gasteiger charge is -2.65. The van der Waals surface area contributed by atoms with Crippen molar-refractivity contribution < 1.29 is 14.9 Å². The number of ether oxygens (including phenoxy) is 1. The third kappa shape index (κ3) is 2.74. The molecule has 5 aliphatic rings. The minimum atomic E-state index is -0.747. The zero-order valence-corrected chi connectivity index (χ0v) is 21.7. The second-order valence-corrected chi connectivity index (χ2v) is 13.5. The van der Waals surface area contributed by atoms with Gasteiger partial charge in [0.2, 0.25) is 0 Å². The van der Waals surface area contributed by atoms with Crippen molar-refractivity contribution in [3.63, 3.8) is 0 Å². The maximum Gasteiger partial charge on any atom is 0.162 e. The van der Waals surface area contributed by atoms with Crippen molar-refractivity contribution in [3.8, 4) is 0 Å². The summed E-state index contributed by atoms with van der Waals surface area (Å²) in [6.45, 7) is 17.9. The van der Waals surface area contributed by atoms with E-state index >= 15 is 0 Å². The molecular weight excluding hydrogens is 408 g/mol. The van der Waals surface area contributed by atoms with E-state index in [1.54, 1.807) is 0 Å². The summed E-state index contributed by atoms with van der Waals surface area (Å²) in [6, 6.07) is 0. The summed E-state index contributed by atoms with van der Waals surface area (Å²) < 4.78 is 6.59. The molecule has 10 atom stereocenters. The van der Waals surface area contributed by atoms with Gasteiger partial charge in [-0.3, -0.25) is 0 Å². The molecule has 0 radical (unpaired) electrons. The zero-order valence-electron chi connectivity index (χ0n) is 21.7. The molecule has 5 rings (SSSR count). The van der Waals surface area contributed by atoms with E-state index in [0.29, 0.717) is 17.8 Å². The molecule has 184 valence electrons. The topological polar surface area (TPSA) is 49.7 Å². The Balaban J connectivity index is 1.52. The number of aliphatic hydroxyl groups excluding tert-OH is 2. The van der Waals surface area contributed by atoms with Gasteiger partial charge in [0, 0.05) is 16.7 Å². The second-order valence-electron chi connectivity index (χ2n) is 13.5. The van der Waals surface area contributed by atoms with E-state index in [4.69, 9.17) is 4.74 Å². The molecule has 0 aromatic rings. The quantitative estimate of drug-likeness (QED) is 0.381. The fourth-order valence-corrected chi connectivity index (χ4v) is 9.90. The first-order valence-electron chi connectivity index (χ1n) is 13.4. The van der Waals surface area contributed by atoms with Crippen LogP contribution in [0.2, 0.25) is 0 Å². The summed E-state index contributed by atoms with van der Waals surface area (Å²) in [4.78, 5) is 0. The lowest BCUT2D eigenvalue weighted by atomic mass is 9.38. The molecule has 2 bridgehead atoms. The molecular formula is C30H46O3. The predicted molar refractivity (Wildman–Crippen MR) is 133 cm³/mol. The van der Waals surface area contributed by atoms with Crippen LogP contribution in [0.4, 0.5) is 0 Å². The van der Waals surface area contributed by atoms with Gasteiger partial charge in [0.05, 0.1) is 6.10 Å². The first-order chi connectivity index (χ1) is 15.4. The third-order valence-corrected chi connectivity index (χ3v) is 12.1. The van der Waals surface area contributed by atoms with Gasteiger partial charge in [0.25, 0.3) is 0 Å². The fourth-order valence-electron chi connectivity index (χ4n) is 9.90. The maximum absolute atomic E-state index is 11.6. The molecule has 33 heavy (non-hydrogen) atoms. The molecule has 4 fully saturated rings. The van der Waals surface area contributed by atoms with Gasteiger partial charge in [-0.1, -0.05) is 71.1 Å². The van der Waals surface area contributed by atoms with E-state index in [1.165, 1.54) is 12.8 Å². The van der Waals surface area contributed by atoms with Crippen LogP contribution < -0.4 is 0 Å².